The summed E-state index contributed by atoms with van der Waals surface area (Å²) in [5, 5.41) is 7.44. The Balaban J connectivity index is 1.62. The van der Waals surface area contributed by atoms with Gasteiger partial charge in [0, 0.05) is 17.3 Å². The molecule has 10 heteroatoms. The minimum absolute atomic E-state index is 0.129. The molecule has 0 spiro atoms. The number of ether oxygens (including phenoxy) is 1. The summed E-state index contributed by atoms with van der Waals surface area (Å²) in [4.78, 5) is 28.2. The average Bonchev–Trinajstić information content (AvgIpc) is 3.03. The predicted molar refractivity (Wildman–Crippen MR) is 121 cm³/mol. The number of nitrogens with zero attached hydrogens (tertiary/aromatic N) is 3. The van der Waals surface area contributed by atoms with Crippen LogP contribution in [-0.4, -0.2) is 33.2 Å². The molecule has 3 aromatic rings. The standard InChI is InChI=1S/C22H19Cl2FN4O3/c1-12-17(14(3)29(28-12)16-6-4-15(25)5-7-16)8-9-21(31)32-11-20(30)27-22-19(24)10-18(23)13(2)26-22/h4-10H,11H2,1-3H3,(H,26,27,30). The number of hydrogen-bond acceptors (Lipinski definition) is 5. The van der Waals surface area contributed by atoms with Crippen LogP contribution in [0.25, 0.3) is 11.8 Å². The van der Waals surface area contributed by atoms with E-state index in [0.29, 0.717) is 27.7 Å². The Morgan fingerprint density at radius 1 is 1.12 bits per heavy atom. The van der Waals surface area contributed by atoms with Crippen molar-refractivity contribution in [2.24, 2.45) is 0 Å². The molecule has 0 fully saturated rings. The molecule has 0 atom stereocenters. The van der Waals surface area contributed by atoms with Crippen LogP contribution in [0.4, 0.5) is 10.2 Å². The van der Waals surface area contributed by atoms with Crippen molar-refractivity contribution in [2.45, 2.75) is 20.8 Å². The van der Waals surface area contributed by atoms with Gasteiger partial charge in [-0.2, -0.15) is 5.10 Å². The van der Waals surface area contributed by atoms with Crippen LogP contribution < -0.4 is 5.32 Å². The van der Waals surface area contributed by atoms with E-state index >= 15 is 0 Å². The molecule has 0 saturated heterocycles. The Kier molecular flexibility index (Phi) is 7.27. The number of nitrogens with one attached hydrogen (secondary N) is 1. The molecule has 2 aromatic heterocycles. The van der Waals surface area contributed by atoms with Crippen molar-refractivity contribution in [3.63, 3.8) is 0 Å². The van der Waals surface area contributed by atoms with Crippen LogP contribution in [0.5, 0.6) is 0 Å². The van der Waals surface area contributed by atoms with Crippen LogP contribution in [0.3, 0.4) is 0 Å². The summed E-state index contributed by atoms with van der Waals surface area (Å²) in [7, 11) is 0. The number of carbonyl (C=O) groups excluding carboxylic acids is 2. The number of pyridine rings is 1. The molecule has 32 heavy (non-hydrogen) atoms. The van der Waals surface area contributed by atoms with Crippen molar-refractivity contribution in [2.75, 3.05) is 11.9 Å². The Bertz CT molecular complexity index is 1210. The number of aromatic nitrogens is 3. The van der Waals surface area contributed by atoms with Gasteiger partial charge in [-0.1, -0.05) is 23.2 Å². The normalized spacial score (nSPS) is 11.1. The van der Waals surface area contributed by atoms with E-state index in [-0.39, 0.29) is 16.7 Å². The summed E-state index contributed by atoms with van der Waals surface area (Å²) >= 11 is 11.9. The van der Waals surface area contributed by atoms with Gasteiger partial charge in [-0.3, -0.25) is 4.79 Å². The highest BCUT2D eigenvalue weighted by Gasteiger charge is 2.13. The molecule has 7 nitrogen and oxygen atoms in total. The Morgan fingerprint density at radius 3 is 2.50 bits per heavy atom. The lowest BCUT2D eigenvalue weighted by Gasteiger charge is -2.08. The molecule has 0 aliphatic heterocycles. The Labute approximate surface area is 193 Å². The van der Waals surface area contributed by atoms with E-state index in [2.05, 4.69) is 15.4 Å². The number of amides is 1. The van der Waals surface area contributed by atoms with Gasteiger partial charge < -0.3 is 10.1 Å². The lowest BCUT2D eigenvalue weighted by atomic mass is 10.2. The van der Waals surface area contributed by atoms with Gasteiger partial charge in [0.25, 0.3) is 5.91 Å². The largest absolute Gasteiger partial charge is 0.452 e. The first-order valence-electron chi connectivity index (χ1n) is 9.45. The number of rotatable bonds is 6. The smallest absolute Gasteiger partial charge is 0.331 e. The zero-order valence-corrected chi connectivity index (χ0v) is 19.0. The highest BCUT2D eigenvalue weighted by Crippen LogP contribution is 2.25. The SMILES string of the molecule is Cc1nc(NC(=O)COC(=O)C=Cc2c(C)nn(-c3ccc(F)cc3)c2C)c(Cl)cc1Cl. The van der Waals surface area contributed by atoms with Crippen LogP contribution in [0.2, 0.25) is 10.0 Å². The quantitative estimate of drug-likeness (QED) is 0.406. The average molecular weight is 477 g/mol. The fraction of sp³-hybridized carbons (Fsp3) is 0.182. The summed E-state index contributed by atoms with van der Waals surface area (Å²) in [6, 6.07) is 7.37. The summed E-state index contributed by atoms with van der Waals surface area (Å²) in [6.07, 6.45) is 2.76. The fourth-order valence-corrected chi connectivity index (χ4v) is 3.29. The maximum atomic E-state index is 13.2. The number of carbonyl (C=O) groups is 2. The number of halogens is 3. The Morgan fingerprint density at radius 2 is 1.81 bits per heavy atom. The molecule has 166 valence electrons. The summed E-state index contributed by atoms with van der Waals surface area (Å²) in [6.45, 7) is 4.76. The van der Waals surface area contributed by atoms with Crippen LogP contribution >= 0.6 is 23.2 Å². The van der Waals surface area contributed by atoms with E-state index in [0.717, 1.165) is 5.69 Å². The van der Waals surface area contributed by atoms with Crippen molar-refractivity contribution >= 4 is 47.0 Å². The highest BCUT2D eigenvalue weighted by molar-refractivity contribution is 6.36. The molecule has 3 rings (SSSR count). The maximum absolute atomic E-state index is 13.2. The van der Waals surface area contributed by atoms with Gasteiger partial charge in [-0.05, 0) is 57.2 Å². The zero-order chi connectivity index (χ0) is 23.4. The third kappa shape index (κ3) is 5.52. The first-order chi connectivity index (χ1) is 15.2. The van der Waals surface area contributed by atoms with E-state index in [4.69, 9.17) is 27.9 Å². The molecule has 1 aromatic carbocycles. The van der Waals surface area contributed by atoms with Gasteiger partial charge in [0.2, 0.25) is 0 Å². The fourth-order valence-electron chi connectivity index (χ4n) is 2.88. The minimum atomic E-state index is -0.708. The monoisotopic (exact) mass is 476 g/mol. The number of aryl methyl sites for hydroxylation is 2. The van der Waals surface area contributed by atoms with Gasteiger partial charge in [-0.15, -0.1) is 0 Å². The minimum Gasteiger partial charge on any atom is -0.452 e. The lowest BCUT2D eigenvalue weighted by molar-refractivity contribution is -0.142. The van der Waals surface area contributed by atoms with E-state index in [9.17, 15) is 14.0 Å². The Hall–Kier alpha value is -3.23. The topological polar surface area (TPSA) is 86.1 Å². The molecule has 2 heterocycles. The second kappa shape index (κ2) is 9.93. The number of esters is 1. The molecule has 0 saturated carbocycles. The molecular weight excluding hydrogens is 458 g/mol. The van der Waals surface area contributed by atoms with E-state index in [1.54, 1.807) is 36.7 Å². The van der Waals surface area contributed by atoms with Gasteiger partial charge in [0.15, 0.2) is 12.4 Å². The summed E-state index contributed by atoms with van der Waals surface area (Å²) < 4.78 is 19.8. The molecule has 0 unspecified atom stereocenters. The van der Waals surface area contributed by atoms with E-state index in [1.165, 1.54) is 24.3 Å². The van der Waals surface area contributed by atoms with Crippen LogP contribution in [0, 0.1) is 26.6 Å². The van der Waals surface area contributed by atoms with Gasteiger partial charge >= 0.3 is 5.97 Å². The van der Waals surface area contributed by atoms with Gasteiger partial charge in [0.05, 0.1) is 27.1 Å². The van der Waals surface area contributed by atoms with Crippen molar-refractivity contribution in [3.8, 4) is 5.69 Å². The number of anilines is 1. The summed E-state index contributed by atoms with van der Waals surface area (Å²) in [5.74, 6) is -1.52. The van der Waals surface area contributed by atoms with Crippen LogP contribution in [0.1, 0.15) is 22.6 Å². The zero-order valence-electron chi connectivity index (χ0n) is 17.4. The second-order valence-corrected chi connectivity index (χ2v) is 7.66. The molecule has 0 aliphatic rings. The third-order valence-electron chi connectivity index (χ3n) is 4.51. The van der Waals surface area contributed by atoms with Crippen molar-refractivity contribution in [1.82, 2.24) is 14.8 Å². The maximum Gasteiger partial charge on any atom is 0.331 e. The van der Waals surface area contributed by atoms with Crippen LogP contribution in [-0.2, 0) is 14.3 Å². The predicted octanol–water partition coefficient (Wildman–Crippen LogP) is 4.83. The first-order valence-corrected chi connectivity index (χ1v) is 10.2. The molecule has 0 bridgehead atoms. The molecule has 0 aliphatic carbocycles. The number of hydrogen-bond donors (Lipinski definition) is 1. The van der Waals surface area contributed by atoms with Crippen molar-refractivity contribution < 1.29 is 18.7 Å². The van der Waals surface area contributed by atoms with E-state index < -0.39 is 18.5 Å². The third-order valence-corrected chi connectivity index (χ3v) is 5.18. The van der Waals surface area contributed by atoms with Crippen LogP contribution in [0.15, 0.2) is 36.4 Å². The van der Waals surface area contributed by atoms with Gasteiger partial charge in [0.1, 0.15) is 5.82 Å². The van der Waals surface area contributed by atoms with Gasteiger partial charge in [-0.25, -0.2) is 18.9 Å². The first kappa shape index (κ1) is 23.4. The number of benzene rings is 1. The second-order valence-electron chi connectivity index (χ2n) is 6.85. The van der Waals surface area contributed by atoms with E-state index in [1.807, 2.05) is 6.92 Å². The molecule has 1 N–H and O–H groups in total. The lowest BCUT2D eigenvalue weighted by Crippen LogP contribution is -2.21. The van der Waals surface area contributed by atoms with Crippen molar-refractivity contribution in [3.05, 3.63) is 74.9 Å². The molecule has 1 amide bonds. The molecular formula is C22H19Cl2FN4O3. The molecule has 0 radical (unpaired) electrons. The highest BCUT2D eigenvalue weighted by atomic mass is 35.5. The van der Waals surface area contributed by atoms with Crippen molar-refractivity contribution in [1.29, 1.82) is 0 Å². The summed E-state index contributed by atoms with van der Waals surface area (Å²) in [5.41, 5.74) is 3.33.